The minimum absolute atomic E-state index is 0.0912. The first-order valence-electron chi connectivity index (χ1n) is 6.64. The molecule has 1 unspecified atom stereocenters. The molecule has 1 aliphatic carbocycles. The number of benzene rings is 1. The van der Waals surface area contributed by atoms with Crippen LogP contribution >= 0.6 is 15.9 Å². The minimum atomic E-state index is -3.37. The Bertz CT molecular complexity index is 521. The Hall–Kier alpha value is -0.390. The summed E-state index contributed by atoms with van der Waals surface area (Å²) >= 11 is 3.70. The van der Waals surface area contributed by atoms with Crippen LogP contribution in [0.3, 0.4) is 0 Å². The van der Waals surface area contributed by atoms with Crippen molar-refractivity contribution in [3.63, 3.8) is 0 Å². The van der Waals surface area contributed by atoms with Crippen LogP contribution in [-0.2, 0) is 16.4 Å². The summed E-state index contributed by atoms with van der Waals surface area (Å²) in [4.78, 5) is 0.853. The molecule has 0 radical (unpaired) electrons. The van der Waals surface area contributed by atoms with Gasteiger partial charge in [-0.2, -0.15) is 0 Å². The zero-order valence-electron chi connectivity index (χ0n) is 11.3. The lowest BCUT2D eigenvalue weighted by Gasteiger charge is -2.11. The molecule has 0 spiro atoms. The number of alkyl halides is 1. The highest BCUT2D eigenvalue weighted by Gasteiger charge is 2.29. The lowest BCUT2D eigenvalue weighted by molar-refractivity contribution is 0.570. The highest BCUT2D eigenvalue weighted by Crippen LogP contribution is 2.38. The van der Waals surface area contributed by atoms with Gasteiger partial charge in [0, 0.05) is 10.9 Å². The Morgan fingerprint density at radius 2 is 1.84 bits per heavy atom. The van der Waals surface area contributed by atoms with E-state index in [0.717, 1.165) is 12.3 Å². The number of halogens is 1. The fourth-order valence-electron chi connectivity index (χ4n) is 2.03. The molecule has 0 bridgehead atoms. The van der Waals surface area contributed by atoms with Crippen LogP contribution in [0.5, 0.6) is 0 Å². The Kier molecular flexibility index (Phi) is 4.69. The highest BCUT2D eigenvalue weighted by atomic mass is 79.9. The lowest BCUT2D eigenvalue weighted by Crippen LogP contribution is -2.30. The van der Waals surface area contributed by atoms with E-state index in [1.165, 1.54) is 18.4 Å². The third kappa shape index (κ3) is 4.29. The Labute approximate surface area is 124 Å². The molecule has 1 N–H and O–H groups in total. The molecule has 106 valence electrons. The topological polar surface area (TPSA) is 46.2 Å². The molecule has 1 fully saturated rings. The van der Waals surface area contributed by atoms with Crippen molar-refractivity contribution in [2.24, 2.45) is 5.92 Å². The third-order valence-corrected chi connectivity index (χ3v) is 5.93. The van der Waals surface area contributed by atoms with Crippen LogP contribution in [0.2, 0.25) is 0 Å². The summed E-state index contributed by atoms with van der Waals surface area (Å²) in [5, 5.41) is 0. The van der Waals surface area contributed by atoms with Gasteiger partial charge in [-0.05, 0) is 56.7 Å². The molecule has 1 saturated carbocycles. The Morgan fingerprint density at radius 3 is 2.32 bits per heavy atom. The zero-order valence-corrected chi connectivity index (χ0v) is 13.7. The van der Waals surface area contributed by atoms with E-state index in [-0.39, 0.29) is 6.04 Å². The third-order valence-electron chi connectivity index (χ3n) is 3.19. The Morgan fingerprint density at radius 1 is 1.26 bits per heavy atom. The molecular weight excluding hydrogens is 326 g/mol. The van der Waals surface area contributed by atoms with Crippen LogP contribution in [0.4, 0.5) is 0 Å². The molecule has 1 aromatic rings. The molecule has 0 aliphatic heterocycles. The number of hydrogen-bond donors (Lipinski definition) is 1. The molecule has 0 aromatic heterocycles. The van der Waals surface area contributed by atoms with Gasteiger partial charge < -0.3 is 0 Å². The van der Waals surface area contributed by atoms with Crippen LogP contribution < -0.4 is 4.72 Å². The van der Waals surface area contributed by atoms with Crippen molar-refractivity contribution in [1.82, 2.24) is 4.72 Å². The summed E-state index contributed by atoms with van der Waals surface area (Å²) in [6.07, 6.45) is 3.57. The molecule has 2 rings (SSSR count). The monoisotopic (exact) mass is 345 g/mol. The van der Waals surface area contributed by atoms with Crippen LogP contribution in [0, 0.1) is 5.92 Å². The second-order valence-electron chi connectivity index (χ2n) is 5.48. The summed E-state index contributed by atoms with van der Waals surface area (Å²) in [5.41, 5.74) is 1.18. The lowest BCUT2D eigenvalue weighted by atomic mass is 10.1. The molecule has 0 heterocycles. The molecular formula is C14H20BrNO2S. The average Bonchev–Trinajstić information content (AvgIpc) is 3.11. The quantitative estimate of drug-likeness (QED) is 0.805. The van der Waals surface area contributed by atoms with Gasteiger partial charge in [0.25, 0.3) is 0 Å². The van der Waals surface area contributed by atoms with Gasteiger partial charge in [0.15, 0.2) is 0 Å². The van der Waals surface area contributed by atoms with Crippen molar-refractivity contribution in [1.29, 1.82) is 0 Å². The SMILES string of the molecule is CC(C)NS(=O)(=O)c1ccc(CC(Br)C2CC2)cc1. The van der Waals surface area contributed by atoms with E-state index < -0.39 is 10.0 Å². The summed E-state index contributed by atoms with van der Waals surface area (Å²) in [7, 11) is -3.37. The number of sulfonamides is 1. The van der Waals surface area contributed by atoms with E-state index in [1.807, 2.05) is 26.0 Å². The predicted octanol–water partition coefficient (Wildman–Crippen LogP) is 3.09. The molecule has 1 atom stereocenters. The van der Waals surface area contributed by atoms with Crippen LogP contribution in [0.1, 0.15) is 32.3 Å². The summed E-state index contributed by atoms with van der Waals surface area (Å²) in [5.74, 6) is 0.797. The predicted molar refractivity (Wildman–Crippen MR) is 81.0 cm³/mol. The Balaban J connectivity index is 2.05. The molecule has 0 saturated heterocycles. The maximum atomic E-state index is 12.0. The van der Waals surface area contributed by atoms with E-state index in [4.69, 9.17) is 0 Å². The normalized spacial score (nSPS) is 17.7. The van der Waals surface area contributed by atoms with Crippen molar-refractivity contribution in [3.8, 4) is 0 Å². The molecule has 3 nitrogen and oxygen atoms in total. The maximum absolute atomic E-state index is 12.0. The zero-order chi connectivity index (χ0) is 14.0. The molecule has 1 aromatic carbocycles. The maximum Gasteiger partial charge on any atom is 0.240 e. The molecule has 5 heteroatoms. The van der Waals surface area contributed by atoms with Gasteiger partial charge >= 0.3 is 0 Å². The average molecular weight is 346 g/mol. The first kappa shape index (κ1) is 15.0. The van der Waals surface area contributed by atoms with Gasteiger partial charge in [0.05, 0.1) is 4.90 Å². The van der Waals surface area contributed by atoms with Crippen LogP contribution in [0.25, 0.3) is 0 Å². The van der Waals surface area contributed by atoms with Crippen molar-refractivity contribution in [2.75, 3.05) is 0 Å². The number of rotatable bonds is 6. The van der Waals surface area contributed by atoms with Gasteiger partial charge in [0.1, 0.15) is 0 Å². The van der Waals surface area contributed by atoms with E-state index >= 15 is 0 Å². The fourth-order valence-corrected chi connectivity index (χ4v) is 4.19. The van der Waals surface area contributed by atoms with Gasteiger partial charge in [-0.15, -0.1) is 0 Å². The molecule has 19 heavy (non-hydrogen) atoms. The first-order valence-corrected chi connectivity index (χ1v) is 9.04. The molecule has 0 amide bonds. The van der Waals surface area contributed by atoms with E-state index in [1.54, 1.807) is 12.1 Å². The van der Waals surface area contributed by atoms with Crippen molar-refractivity contribution in [2.45, 2.75) is 48.9 Å². The minimum Gasteiger partial charge on any atom is -0.209 e. The summed E-state index contributed by atoms with van der Waals surface area (Å²) in [6, 6.07) is 7.10. The van der Waals surface area contributed by atoms with Crippen molar-refractivity contribution < 1.29 is 8.42 Å². The summed E-state index contributed by atoms with van der Waals surface area (Å²) < 4.78 is 26.5. The largest absolute Gasteiger partial charge is 0.240 e. The van der Waals surface area contributed by atoms with Crippen LogP contribution in [-0.4, -0.2) is 19.3 Å². The van der Waals surface area contributed by atoms with Crippen LogP contribution in [0.15, 0.2) is 29.2 Å². The second kappa shape index (κ2) is 5.94. The first-order chi connectivity index (χ1) is 8.88. The van der Waals surface area contributed by atoms with E-state index in [9.17, 15) is 8.42 Å². The van der Waals surface area contributed by atoms with E-state index in [2.05, 4.69) is 20.7 Å². The highest BCUT2D eigenvalue weighted by molar-refractivity contribution is 9.09. The second-order valence-corrected chi connectivity index (χ2v) is 8.37. The van der Waals surface area contributed by atoms with Gasteiger partial charge in [0.2, 0.25) is 10.0 Å². The van der Waals surface area contributed by atoms with E-state index in [0.29, 0.717) is 9.72 Å². The molecule has 1 aliphatic rings. The fraction of sp³-hybridized carbons (Fsp3) is 0.571. The number of nitrogens with one attached hydrogen (secondary N) is 1. The van der Waals surface area contributed by atoms with Crippen molar-refractivity contribution >= 4 is 26.0 Å². The smallest absolute Gasteiger partial charge is 0.209 e. The van der Waals surface area contributed by atoms with Gasteiger partial charge in [-0.1, -0.05) is 28.1 Å². The van der Waals surface area contributed by atoms with Crippen molar-refractivity contribution in [3.05, 3.63) is 29.8 Å². The standard InChI is InChI=1S/C14H20BrNO2S/c1-10(2)16-19(17,18)13-7-3-11(4-8-13)9-14(15)12-5-6-12/h3-4,7-8,10,12,14,16H,5-6,9H2,1-2H3. The number of hydrogen-bond acceptors (Lipinski definition) is 2. The van der Waals surface area contributed by atoms with Gasteiger partial charge in [-0.3, -0.25) is 0 Å². The summed E-state index contributed by atoms with van der Waals surface area (Å²) in [6.45, 7) is 3.63. The van der Waals surface area contributed by atoms with Gasteiger partial charge in [-0.25, -0.2) is 13.1 Å².